The Hall–Kier alpha value is -2.70. The number of amides is 2. The fourth-order valence-electron chi connectivity index (χ4n) is 3.83. The maximum atomic E-state index is 12.9. The molecule has 0 radical (unpaired) electrons. The summed E-state index contributed by atoms with van der Waals surface area (Å²) < 4.78 is 12.6. The summed E-state index contributed by atoms with van der Waals surface area (Å²) >= 11 is 0. The van der Waals surface area contributed by atoms with Crippen molar-refractivity contribution in [2.45, 2.75) is 64.8 Å². The third-order valence-electron chi connectivity index (χ3n) is 5.20. The second-order valence-corrected chi connectivity index (χ2v) is 8.67. The largest absolute Gasteiger partial charge is 0.497 e. The number of carbonyl (C=O) groups excluding carboxylic acids is 2. The van der Waals surface area contributed by atoms with Crippen LogP contribution in [0.25, 0.3) is 10.9 Å². The van der Waals surface area contributed by atoms with E-state index in [2.05, 4.69) is 5.32 Å². The molecule has 2 atom stereocenters. The molecule has 2 amide bonds. The third kappa shape index (κ3) is 5.22. The molecular weight excluding hydrogens is 370 g/mol. The number of carbonyl (C=O) groups is 2. The van der Waals surface area contributed by atoms with E-state index in [-0.39, 0.29) is 18.0 Å². The number of methoxy groups -OCH3 is 1. The van der Waals surface area contributed by atoms with Gasteiger partial charge in [0, 0.05) is 35.7 Å². The minimum absolute atomic E-state index is 0.0174. The Labute approximate surface area is 171 Å². The van der Waals surface area contributed by atoms with Gasteiger partial charge in [0.15, 0.2) is 0 Å². The topological polar surface area (TPSA) is 72.8 Å². The number of likely N-dealkylation sites (tertiary alicyclic amines) is 1. The summed E-state index contributed by atoms with van der Waals surface area (Å²) in [7, 11) is 1.64. The maximum Gasteiger partial charge on any atom is 0.407 e. The first-order chi connectivity index (χ1) is 13.7. The molecule has 7 nitrogen and oxygen atoms in total. The van der Waals surface area contributed by atoms with Crippen LogP contribution in [0.3, 0.4) is 0 Å². The molecule has 0 aliphatic carbocycles. The van der Waals surface area contributed by atoms with E-state index in [0.29, 0.717) is 19.5 Å². The Morgan fingerprint density at radius 1 is 1.24 bits per heavy atom. The Morgan fingerprint density at radius 3 is 2.66 bits per heavy atom. The lowest BCUT2D eigenvalue weighted by Crippen LogP contribution is -2.52. The number of fused-ring (bicyclic) bond motifs is 1. The fourth-order valence-corrected chi connectivity index (χ4v) is 3.83. The highest BCUT2D eigenvalue weighted by Gasteiger charge is 2.30. The van der Waals surface area contributed by atoms with Crippen molar-refractivity contribution in [3.05, 3.63) is 30.5 Å². The summed E-state index contributed by atoms with van der Waals surface area (Å²) in [5.74, 6) is 0.885. The van der Waals surface area contributed by atoms with Gasteiger partial charge in [0.2, 0.25) is 5.91 Å². The van der Waals surface area contributed by atoms with Gasteiger partial charge in [-0.1, -0.05) is 0 Å². The molecule has 1 saturated heterocycles. The van der Waals surface area contributed by atoms with Crippen LogP contribution >= 0.6 is 0 Å². The van der Waals surface area contributed by atoms with Crippen molar-refractivity contribution < 1.29 is 19.1 Å². The Morgan fingerprint density at radius 2 is 2.00 bits per heavy atom. The molecule has 1 aromatic heterocycles. The molecule has 2 heterocycles. The lowest BCUT2D eigenvalue weighted by atomic mass is 9.98. The molecule has 7 heteroatoms. The number of nitrogens with one attached hydrogen (secondary N) is 1. The van der Waals surface area contributed by atoms with Gasteiger partial charge in [-0.25, -0.2) is 4.79 Å². The van der Waals surface area contributed by atoms with E-state index < -0.39 is 11.7 Å². The lowest BCUT2D eigenvalue weighted by Gasteiger charge is -2.38. The van der Waals surface area contributed by atoms with Crippen LogP contribution in [0.2, 0.25) is 0 Å². The van der Waals surface area contributed by atoms with Crippen molar-refractivity contribution in [2.75, 3.05) is 13.7 Å². The Balaban J connectivity index is 1.58. The molecule has 1 aromatic carbocycles. The SMILES string of the molecule is COc1ccc2c(ccn2CC(=O)N2CC[C@H](NC(=O)OC(C)(C)C)C[C@@H]2C)c1. The molecule has 2 aromatic rings. The molecule has 0 saturated carbocycles. The Bertz CT molecular complexity index is 884. The summed E-state index contributed by atoms with van der Waals surface area (Å²) in [6.45, 7) is 8.48. The average Bonchev–Trinajstić information content (AvgIpc) is 3.02. The van der Waals surface area contributed by atoms with Crippen LogP contribution in [0.4, 0.5) is 4.79 Å². The molecule has 29 heavy (non-hydrogen) atoms. The number of rotatable bonds is 4. The van der Waals surface area contributed by atoms with Crippen molar-refractivity contribution in [1.29, 1.82) is 0 Å². The highest BCUT2D eigenvalue weighted by Crippen LogP contribution is 2.23. The zero-order valence-electron chi connectivity index (χ0n) is 17.9. The summed E-state index contributed by atoms with van der Waals surface area (Å²) in [5.41, 5.74) is 0.490. The molecule has 1 N–H and O–H groups in total. The highest BCUT2D eigenvalue weighted by molar-refractivity contribution is 5.84. The molecule has 0 spiro atoms. The first-order valence-corrected chi connectivity index (χ1v) is 10.1. The van der Waals surface area contributed by atoms with Gasteiger partial charge in [-0.3, -0.25) is 4.79 Å². The number of piperidine rings is 1. The normalized spacial score (nSPS) is 19.8. The predicted octanol–water partition coefficient (Wildman–Crippen LogP) is 3.55. The minimum Gasteiger partial charge on any atom is -0.497 e. The molecule has 3 rings (SSSR count). The smallest absolute Gasteiger partial charge is 0.407 e. The number of nitrogens with zero attached hydrogens (tertiary/aromatic N) is 2. The van der Waals surface area contributed by atoms with Crippen molar-refractivity contribution in [1.82, 2.24) is 14.8 Å². The number of aromatic nitrogens is 1. The zero-order chi connectivity index (χ0) is 21.2. The van der Waals surface area contributed by atoms with E-state index in [1.165, 1.54) is 0 Å². The predicted molar refractivity (Wildman–Crippen MR) is 112 cm³/mol. The third-order valence-corrected chi connectivity index (χ3v) is 5.20. The van der Waals surface area contributed by atoms with Gasteiger partial charge in [0.05, 0.1) is 7.11 Å². The number of benzene rings is 1. The number of hydrogen-bond acceptors (Lipinski definition) is 4. The van der Waals surface area contributed by atoms with E-state index in [0.717, 1.165) is 23.1 Å². The van der Waals surface area contributed by atoms with E-state index >= 15 is 0 Å². The van der Waals surface area contributed by atoms with Crippen molar-refractivity contribution >= 4 is 22.9 Å². The maximum absolute atomic E-state index is 12.9. The van der Waals surface area contributed by atoms with Crippen LogP contribution in [0.5, 0.6) is 5.75 Å². The molecular formula is C22H31N3O4. The average molecular weight is 402 g/mol. The summed E-state index contributed by atoms with van der Waals surface area (Å²) in [6, 6.07) is 7.90. The van der Waals surface area contributed by atoms with Gasteiger partial charge in [-0.15, -0.1) is 0 Å². The number of hydrogen-bond donors (Lipinski definition) is 1. The van der Waals surface area contributed by atoms with Crippen molar-refractivity contribution in [3.63, 3.8) is 0 Å². The van der Waals surface area contributed by atoms with Gasteiger partial charge >= 0.3 is 6.09 Å². The monoisotopic (exact) mass is 401 g/mol. The van der Waals surface area contributed by atoms with Gasteiger partial charge in [-0.05, 0) is 64.8 Å². The molecule has 0 unspecified atom stereocenters. The van der Waals surface area contributed by atoms with Gasteiger partial charge in [0.25, 0.3) is 0 Å². The van der Waals surface area contributed by atoms with E-state index in [4.69, 9.17) is 9.47 Å². The number of ether oxygens (including phenoxy) is 2. The Kier molecular flexibility index (Phi) is 6.05. The van der Waals surface area contributed by atoms with Crippen LogP contribution in [-0.2, 0) is 16.1 Å². The molecule has 0 bridgehead atoms. The van der Waals surface area contributed by atoms with Crippen molar-refractivity contribution in [2.24, 2.45) is 0 Å². The van der Waals surface area contributed by atoms with Crippen LogP contribution < -0.4 is 10.1 Å². The van der Waals surface area contributed by atoms with E-state index in [9.17, 15) is 9.59 Å². The van der Waals surface area contributed by atoms with Crippen LogP contribution in [-0.4, -0.2) is 52.8 Å². The van der Waals surface area contributed by atoms with E-state index in [1.54, 1.807) is 7.11 Å². The minimum atomic E-state index is -0.518. The fraction of sp³-hybridized carbons (Fsp3) is 0.545. The first kappa shape index (κ1) is 21.0. The second-order valence-electron chi connectivity index (χ2n) is 8.67. The van der Waals surface area contributed by atoms with Crippen LogP contribution in [0.15, 0.2) is 30.5 Å². The molecule has 1 fully saturated rings. The van der Waals surface area contributed by atoms with Crippen LogP contribution in [0.1, 0.15) is 40.5 Å². The van der Waals surface area contributed by atoms with Gasteiger partial charge in [0.1, 0.15) is 17.9 Å². The lowest BCUT2D eigenvalue weighted by molar-refractivity contribution is -0.135. The van der Waals surface area contributed by atoms with Crippen molar-refractivity contribution in [3.8, 4) is 5.75 Å². The molecule has 158 valence electrons. The molecule has 1 aliphatic rings. The standard InChI is InChI=1S/C22H31N3O4/c1-15-12-17(23-21(27)29-22(2,3)4)9-11-25(15)20(26)14-24-10-8-16-13-18(28-5)6-7-19(16)24/h6-8,10,13,15,17H,9,11-12,14H2,1-5H3,(H,23,27)/t15-,17-/m0/s1. The quantitative estimate of drug-likeness (QED) is 0.850. The molecule has 1 aliphatic heterocycles. The summed E-state index contributed by atoms with van der Waals surface area (Å²) in [5, 5.41) is 3.98. The van der Waals surface area contributed by atoms with E-state index in [1.807, 2.05) is 67.6 Å². The summed E-state index contributed by atoms with van der Waals surface area (Å²) in [6.07, 6.45) is 2.97. The number of alkyl carbamates (subject to hydrolysis) is 1. The second kappa shape index (κ2) is 8.35. The van der Waals surface area contributed by atoms with Gasteiger partial charge < -0.3 is 24.3 Å². The first-order valence-electron chi connectivity index (χ1n) is 10.1. The highest BCUT2D eigenvalue weighted by atomic mass is 16.6. The van der Waals surface area contributed by atoms with Crippen LogP contribution in [0, 0.1) is 0 Å². The summed E-state index contributed by atoms with van der Waals surface area (Å²) in [4.78, 5) is 26.8. The van der Waals surface area contributed by atoms with Gasteiger partial charge in [-0.2, -0.15) is 0 Å². The zero-order valence-corrected chi connectivity index (χ0v) is 17.9.